The van der Waals surface area contributed by atoms with Gasteiger partial charge in [-0.15, -0.1) is 0 Å². The molecule has 1 saturated heterocycles. The molecule has 0 saturated carbocycles. The average Bonchev–Trinajstić information content (AvgIpc) is 2.90. The first-order valence-electron chi connectivity index (χ1n) is 8.17. The van der Waals surface area contributed by atoms with Gasteiger partial charge in [0.05, 0.1) is 18.3 Å². The van der Waals surface area contributed by atoms with E-state index in [2.05, 4.69) is 4.98 Å². The number of ether oxygens (including phenoxy) is 1. The standard InChI is InChI=1S/C18H18Cl2N4O3/c1-23-15(17(21)25)10-24(18(23)26,13-5-6-16(27-2)22-8-13)9-11-3-4-12(19)7-14(11)20/h3-8,15H,9-10H2,1-2H3,(H-,21,25)/p+1. The quantitative estimate of drug-likeness (QED) is 0.769. The number of primary amides is 1. The summed E-state index contributed by atoms with van der Waals surface area (Å²) in [5.41, 5.74) is 6.86. The van der Waals surface area contributed by atoms with Crippen molar-refractivity contribution in [1.29, 1.82) is 0 Å². The third kappa shape index (κ3) is 3.45. The molecule has 2 atom stereocenters. The van der Waals surface area contributed by atoms with Crippen molar-refractivity contribution in [3.8, 4) is 5.88 Å². The molecule has 2 unspecified atom stereocenters. The Bertz CT molecular complexity index is 891. The lowest BCUT2D eigenvalue weighted by Gasteiger charge is -2.30. The number of halogens is 2. The first-order chi connectivity index (χ1) is 12.8. The number of carbonyl (C=O) groups excluding carboxylic acids is 2. The largest absolute Gasteiger partial charge is 0.481 e. The second-order valence-corrected chi connectivity index (χ2v) is 7.26. The van der Waals surface area contributed by atoms with E-state index in [0.29, 0.717) is 21.6 Å². The van der Waals surface area contributed by atoms with E-state index in [4.69, 9.17) is 33.7 Å². The van der Waals surface area contributed by atoms with Crippen molar-refractivity contribution in [3.63, 3.8) is 0 Å². The zero-order valence-electron chi connectivity index (χ0n) is 14.9. The fourth-order valence-corrected chi connectivity index (χ4v) is 3.81. The van der Waals surface area contributed by atoms with E-state index >= 15 is 0 Å². The lowest BCUT2D eigenvalue weighted by molar-refractivity contribution is -0.121. The molecule has 0 aliphatic carbocycles. The molecule has 2 aromatic rings. The summed E-state index contributed by atoms with van der Waals surface area (Å²) in [6.07, 6.45) is 1.57. The highest BCUT2D eigenvalue weighted by molar-refractivity contribution is 6.35. The molecule has 142 valence electrons. The highest BCUT2D eigenvalue weighted by Gasteiger charge is 2.54. The van der Waals surface area contributed by atoms with E-state index in [-0.39, 0.29) is 23.6 Å². The average molecular weight is 410 g/mol. The van der Waals surface area contributed by atoms with E-state index < -0.39 is 11.9 Å². The maximum Gasteiger partial charge on any atom is 0.425 e. The number of carbonyl (C=O) groups is 2. The Kier molecular flexibility index (Phi) is 5.28. The number of amides is 3. The Balaban J connectivity index is 2.11. The van der Waals surface area contributed by atoms with Gasteiger partial charge in [0.15, 0.2) is 11.7 Å². The van der Waals surface area contributed by atoms with E-state index in [9.17, 15) is 9.59 Å². The summed E-state index contributed by atoms with van der Waals surface area (Å²) in [5.74, 6) is -0.137. The monoisotopic (exact) mass is 409 g/mol. The topological polar surface area (TPSA) is 85.5 Å². The Labute approximate surface area is 166 Å². The minimum Gasteiger partial charge on any atom is -0.481 e. The van der Waals surface area contributed by atoms with Gasteiger partial charge < -0.3 is 10.5 Å². The van der Waals surface area contributed by atoms with Crippen molar-refractivity contribution in [3.05, 3.63) is 52.1 Å². The molecule has 1 fully saturated rings. The summed E-state index contributed by atoms with van der Waals surface area (Å²) in [6.45, 7) is 0.411. The summed E-state index contributed by atoms with van der Waals surface area (Å²) >= 11 is 12.3. The smallest absolute Gasteiger partial charge is 0.425 e. The summed E-state index contributed by atoms with van der Waals surface area (Å²) < 4.78 is 4.94. The Morgan fingerprint density at radius 2 is 2.11 bits per heavy atom. The third-order valence-corrected chi connectivity index (χ3v) is 5.41. The van der Waals surface area contributed by atoms with Crippen molar-refractivity contribution in [2.45, 2.75) is 12.6 Å². The molecule has 0 radical (unpaired) electrons. The van der Waals surface area contributed by atoms with Crippen LogP contribution in [0.1, 0.15) is 5.56 Å². The number of methoxy groups -OCH3 is 1. The Morgan fingerprint density at radius 3 is 2.63 bits per heavy atom. The molecule has 2 N–H and O–H groups in total. The molecule has 1 aromatic carbocycles. The van der Waals surface area contributed by atoms with Crippen LogP contribution in [0.5, 0.6) is 5.88 Å². The van der Waals surface area contributed by atoms with Gasteiger partial charge in [-0.1, -0.05) is 29.3 Å². The van der Waals surface area contributed by atoms with Crippen LogP contribution in [-0.2, 0) is 11.3 Å². The van der Waals surface area contributed by atoms with Gasteiger partial charge in [0, 0.05) is 29.8 Å². The van der Waals surface area contributed by atoms with E-state index in [1.54, 1.807) is 43.6 Å². The molecule has 0 bridgehead atoms. The van der Waals surface area contributed by atoms with Crippen molar-refractivity contribution in [2.75, 3.05) is 20.7 Å². The lowest BCUT2D eigenvalue weighted by Crippen LogP contribution is -2.51. The van der Waals surface area contributed by atoms with Crippen LogP contribution < -0.4 is 15.0 Å². The Hall–Kier alpha value is -2.35. The second kappa shape index (κ2) is 7.34. The van der Waals surface area contributed by atoms with E-state index in [0.717, 1.165) is 5.56 Å². The SMILES string of the molecule is COc1ccc([N+]2(Cc3ccc(Cl)cc3Cl)CC(C(N)=O)N(C)C2=O)cn1. The summed E-state index contributed by atoms with van der Waals surface area (Å²) in [6, 6.07) is 7.53. The lowest BCUT2D eigenvalue weighted by atomic mass is 10.1. The fourth-order valence-electron chi connectivity index (χ4n) is 3.34. The molecule has 2 heterocycles. The maximum absolute atomic E-state index is 13.2. The number of quaternary nitrogens is 1. The number of urea groups is 1. The van der Waals surface area contributed by atoms with E-state index in [1.807, 2.05) is 0 Å². The molecule has 0 spiro atoms. The first kappa shape index (κ1) is 19.4. The van der Waals surface area contributed by atoms with Gasteiger partial charge in [-0.25, -0.2) is 14.3 Å². The van der Waals surface area contributed by atoms with Crippen molar-refractivity contribution in [1.82, 2.24) is 14.4 Å². The van der Waals surface area contributed by atoms with Crippen LogP contribution in [0, 0.1) is 0 Å². The number of hydrogen-bond acceptors (Lipinski definition) is 4. The second-order valence-electron chi connectivity index (χ2n) is 6.41. The maximum atomic E-state index is 13.2. The molecule has 3 rings (SSSR count). The van der Waals surface area contributed by atoms with Gasteiger partial charge in [-0.2, -0.15) is 0 Å². The highest BCUT2D eigenvalue weighted by Crippen LogP contribution is 2.36. The summed E-state index contributed by atoms with van der Waals surface area (Å²) in [4.78, 5) is 30.7. The molecular formula is C18H19Cl2N4O3+. The van der Waals surface area contributed by atoms with Gasteiger partial charge in [0.1, 0.15) is 13.1 Å². The predicted octanol–water partition coefficient (Wildman–Crippen LogP) is 2.82. The van der Waals surface area contributed by atoms with E-state index in [1.165, 1.54) is 12.0 Å². The molecule has 9 heteroatoms. The minimum absolute atomic E-state index is 0.164. The summed E-state index contributed by atoms with van der Waals surface area (Å²) in [5, 5.41) is 0.945. The zero-order chi connectivity index (χ0) is 19.8. The fraction of sp³-hybridized carbons (Fsp3) is 0.278. The normalized spacial score (nSPS) is 22.1. The number of pyridine rings is 1. The van der Waals surface area contributed by atoms with Gasteiger partial charge in [-0.3, -0.25) is 9.69 Å². The molecule has 7 nitrogen and oxygen atoms in total. The van der Waals surface area contributed by atoms with Gasteiger partial charge >= 0.3 is 6.03 Å². The Morgan fingerprint density at radius 1 is 1.37 bits per heavy atom. The van der Waals surface area contributed by atoms with Crippen LogP contribution in [0.4, 0.5) is 10.5 Å². The zero-order valence-corrected chi connectivity index (χ0v) is 16.4. The number of nitrogens with zero attached hydrogens (tertiary/aromatic N) is 3. The minimum atomic E-state index is -0.731. The molecule has 1 aromatic heterocycles. The van der Waals surface area contributed by atoms with Crippen LogP contribution in [-0.4, -0.2) is 48.6 Å². The number of aromatic nitrogens is 1. The van der Waals surface area contributed by atoms with Crippen LogP contribution in [0.15, 0.2) is 36.5 Å². The number of nitrogens with two attached hydrogens (primary N) is 1. The van der Waals surface area contributed by atoms with Crippen LogP contribution in [0.3, 0.4) is 0 Å². The molecule has 1 aliphatic heterocycles. The number of hydrogen-bond donors (Lipinski definition) is 1. The van der Waals surface area contributed by atoms with Crippen LogP contribution in [0.2, 0.25) is 10.0 Å². The number of benzene rings is 1. The molecular weight excluding hydrogens is 391 g/mol. The molecule has 1 aliphatic rings. The van der Waals surface area contributed by atoms with Gasteiger partial charge in [-0.05, 0) is 12.1 Å². The summed E-state index contributed by atoms with van der Waals surface area (Å²) in [7, 11) is 3.08. The van der Waals surface area contributed by atoms with Crippen molar-refractivity contribution >= 4 is 40.8 Å². The van der Waals surface area contributed by atoms with Crippen LogP contribution >= 0.6 is 23.2 Å². The number of likely N-dealkylation sites (N-methyl/N-ethyl adjacent to an activating group) is 1. The highest BCUT2D eigenvalue weighted by atomic mass is 35.5. The molecule has 3 amide bonds. The molecule has 27 heavy (non-hydrogen) atoms. The van der Waals surface area contributed by atoms with Crippen molar-refractivity contribution < 1.29 is 14.3 Å². The van der Waals surface area contributed by atoms with Gasteiger partial charge in [0.2, 0.25) is 11.8 Å². The first-order valence-corrected chi connectivity index (χ1v) is 8.92. The number of rotatable bonds is 5. The van der Waals surface area contributed by atoms with Crippen molar-refractivity contribution in [2.24, 2.45) is 5.73 Å². The van der Waals surface area contributed by atoms with Gasteiger partial charge in [0.25, 0.3) is 0 Å². The third-order valence-electron chi connectivity index (χ3n) is 4.83. The van der Waals surface area contributed by atoms with Crippen LogP contribution in [0.25, 0.3) is 0 Å². The predicted molar refractivity (Wildman–Crippen MR) is 104 cm³/mol.